The summed E-state index contributed by atoms with van der Waals surface area (Å²) in [6.45, 7) is 11.8. The summed E-state index contributed by atoms with van der Waals surface area (Å²) in [4.78, 5) is 30.3. The molecule has 0 unspecified atom stereocenters. The highest BCUT2D eigenvalue weighted by atomic mass is 16.5. The van der Waals surface area contributed by atoms with Crippen LogP contribution >= 0.6 is 0 Å². The Balaban J connectivity index is 1.91. The molecule has 1 aromatic rings. The zero-order valence-corrected chi connectivity index (χ0v) is 22.5. The number of unbranched alkanes of at least 4 members (excludes halogenated alkanes) is 1. The van der Waals surface area contributed by atoms with Crippen LogP contribution in [0.4, 0.5) is 0 Å². The first-order valence-electron chi connectivity index (χ1n) is 13.5. The van der Waals surface area contributed by atoms with Crippen LogP contribution < -0.4 is 10.5 Å². The zero-order valence-electron chi connectivity index (χ0n) is 22.5. The number of allylic oxidation sites excluding steroid dienone is 2. The summed E-state index contributed by atoms with van der Waals surface area (Å²) >= 11 is 0. The van der Waals surface area contributed by atoms with Crippen LogP contribution in [0, 0.1) is 11.3 Å². The highest BCUT2D eigenvalue weighted by molar-refractivity contribution is 5.79. The van der Waals surface area contributed by atoms with Crippen molar-refractivity contribution in [3.05, 3.63) is 41.5 Å². The largest absolute Gasteiger partial charge is 0.493 e. The minimum absolute atomic E-state index is 0.0675. The third-order valence-electron chi connectivity index (χ3n) is 7.63. The van der Waals surface area contributed by atoms with Crippen LogP contribution in [0.5, 0.6) is 5.75 Å². The molecule has 1 aromatic carbocycles. The lowest BCUT2D eigenvalue weighted by Gasteiger charge is -2.34. The van der Waals surface area contributed by atoms with Gasteiger partial charge >= 0.3 is 5.97 Å². The first kappa shape index (κ1) is 28.2. The van der Waals surface area contributed by atoms with E-state index >= 15 is 0 Å². The van der Waals surface area contributed by atoms with Gasteiger partial charge in [-0.25, -0.2) is 0 Å². The second-order valence-electron chi connectivity index (χ2n) is 11.0. The number of aliphatic carboxylic acids is 1. The molecule has 7 heteroatoms. The van der Waals surface area contributed by atoms with E-state index in [0.29, 0.717) is 39.2 Å². The maximum Gasteiger partial charge on any atom is 0.308 e. The number of amides is 1. The van der Waals surface area contributed by atoms with E-state index in [0.717, 1.165) is 42.6 Å². The fraction of sp³-hybridized carbons (Fsp3) is 0.655. The molecule has 0 bridgehead atoms. The average molecular weight is 500 g/mol. The number of hydrogen-bond donors (Lipinski definition) is 2. The normalized spacial score (nSPS) is 22.1. The molecular formula is C29H45N3O4. The molecule has 3 atom stereocenters. The van der Waals surface area contributed by atoms with Crippen LogP contribution in [0.2, 0.25) is 0 Å². The number of nitrogens with two attached hydrogens (primary N) is 1. The first-order valence-corrected chi connectivity index (χ1v) is 13.5. The van der Waals surface area contributed by atoms with Crippen LogP contribution in [-0.4, -0.2) is 72.2 Å². The van der Waals surface area contributed by atoms with Gasteiger partial charge in [0.05, 0.1) is 19.1 Å². The number of ether oxygens (including phenoxy) is 1. The van der Waals surface area contributed by atoms with Crippen LogP contribution in [0.25, 0.3) is 0 Å². The fourth-order valence-corrected chi connectivity index (χ4v) is 5.85. The summed E-state index contributed by atoms with van der Waals surface area (Å²) in [5.41, 5.74) is 7.72. The number of carboxylic acids is 1. The van der Waals surface area contributed by atoms with Crippen molar-refractivity contribution in [2.24, 2.45) is 17.1 Å². The molecular weight excluding hydrogens is 454 g/mol. The summed E-state index contributed by atoms with van der Waals surface area (Å²) in [7, 11) is 0. The van der Waals surface area contributed by atoms with Gasteiger partial charge in [-0.3, -0.25) is 14.5 Å². The van der Waals surface area contributed by atoms with Crippen LogP contribution in [-0.2, 0) is 16.0 Å². The van der Waals surface area contributed by atoms with E-state index in [-0.39, 0.29) is 29.8 Å². The van der Waals surface area contributed by atoms with E-state index in [1.54, 1.807) is 0 Å². The molecule has 7 nitrogen and oxygen atoms in total. The number of benzene rings is 1. The summed E-state index contributed by atoms with van der Waals surface area (Å²) in [6.07, 6.45) is 8.42. The molecule has 1 amide bonds. The molecule has 0 aliphatic carbocycles. The molecule has 0 spiro atoms. The molecule has 0 radical (unpaired) electrons. The van der Waals surface area contributed by atoms with Crippen molar-refractivity contribution in [1.29, 1.82) is 0 Å². The number of carboxylic acid groups (broad SMARTS) is 1. The van der Waals surface area contributed by atoms with Gasteiger partial charge in [-0.05, 0) is 55.3 Å². The van der Waals surface area contributed by atoms with E-state index in [2.05, 4.69) is 37.8 Å². The van der Waals surface area contributed by atoms with Crippen LogP contribution in [0.3, 0.4) is 0 Å². The highest BCUT2D eigenvalue weighted by Gasteiger charge is 2.48. The third-order valence-corrected chi connectivity index (χ3v) is 7.63. The monoisotopic (exact) mass is 499 g/mol. The summed E-state index contributed by atoms with van der Waals surface area (Å²) < 4.78 is 5.68. The van der Waals surface area contributed by atoms with Crippen LogP contribution in [0.15, 0.2) is 30.4 Å². The molecule has 0 aromatic heterocycles. The van der Waals surface area contributed by atoms with E-state index in [1.807, 2.05) is 30.0 Å². The molecule has 2 heterocycles. The Morgan fingerprint density at radius 2 is 2.03 bits per heavy atom. The highest BCUT2D eigenvalue weighted by Crippen LogP contribution is 2.43. The Labute approximate surface area is 216 Å². The van der Waals surface area contributed by atoms with Crippen molar-refractivity contribution < 1.29 is 19.4 Å². The number of nitrogens with zero attached hydrogens (tertiary/aromatic N) is 2. The van der Waals surface area contributed by atoms with Crippen LogP contribution in [0.1, 0.15) is 70.4 Å². The van der Waals surface area contributed by atoms with Gasteiger partial charge in [0.15, 0.2) is 0 Å². The number of carbonyl (C=O) groups excluding carboxylic acids is 1. The third kappa shape index (κ3) is 6.88. The van der Waals surface area contributed by atoms with Gasteiger partial charge in [-0.1, -0.05) is 51.5 Å². The smallest absolute Gasteiger partial charge is 0.308 e. The van der Waals surface area contributed by atoms with Gasteiger partial charge < -0.3 is 20.5 Å². The molecule has 200 valence electrons. The SMILES string of the molecule is CC=CC(C)(C)C[C@H]1[C@H](C(=O)O)[C@@H](c2ccc3c(c2)CCO3)CN1CC(=O)N(CCCC)CCCN. The number of carbonyl (C=O) groups is 2. The Bertz CT molecular complexity index is 921. The molecule has 2 aliphatic rings. The minimum atomic E-state index is -0.793. The van der Waals surface area contributed by atoms with Crippen molar-refractivity contribution in [1.82, 2.24) is 9.80 Å². The van der Waals surface area contributed by atoms with E-state index in [4.69, 9.17) is 10.5 Å². The van der Waals surface area contributed by atoms with Gasteiger partial charge in [-0.15, -0.1) is 0 Å². The number of likely N-dealkylation sites (tertiary alicyclic amines) is 1. The molecule has 3 N–H and O–H groups in total. The summed E-state index contributed by atoms with van der Waals surface area (Å²) in [5.74, 6) is -0.596. The van der Waals surface area contributed by atoms with Gasteiger partial charge in [0.25, 0.3) is 0 Å². The van der Waals surface area contributed by atoms with Crippen molar-refractivity contribution in [3.8, 4) is 5.75 Å². The first-order chi connectivity index (χ1) is 17.2. The summed E-state index contributed by atoms with van der Waals surface area (Å²) in [5, 5.41) is 10.5. The van der Waals surface area contributed by atoms with Crippen molar-refractivity contribution >= 4 is 11.9 Å². The van der Waals surface area contributed by atoms with Crippen molar-refractivity contribution in [2.75, 3.05) is 39.3 Å². The van der Waals surface area contributed by atoms with Gasteiger partial charge in [0, 0.05) is 38.0 Å². The average Bonchev–Trinajstić information content (AvgIpc) is 3.43. The predicted molar refractivity (Wildman–Crippen MR) is 143 cm³/mol. The van der Waals surface area contributed by atoms with E-state index in [1.165, 1.54) is 0 Å². The fourth-order valence-electron chi connectivity index (χ4n) is 5.85. The van der Waals surface area contributed by atoms with Gasteiger partial charge in [0.1, 0.15) is 5.75 Å². The summed E-state index contributed by atoms with van der Waals surface area (Å²) in [6, 6.07) is 5.87. The lowest BCUT2D eigenvalue weighted by Crippen LogP contribution is -2.46. The number of rotatable bonds is 13. The number of hydrogen-bond acceptors (Lipinski definition) is 5. The van der Waals surface area contributed by atoms with E-state index < -0.39 is 11.9 Å². The lowest BCUT2D eigenvalue weighted by molar-refractivity contribution is -0.144. The number of fused-ring (bicyclic) bond motifs is 1. The maximum absolute atomic E-state index is 13.5. The maximum atomic E-state index is 13.5. The Morgan fingerprint density at radius 3 is 2.69 bits per heavy atom. The predicted octanol–water partition coefficient (Wildman–Crippen LogP) is 4.06. The topological polar surface area (TPSA) is 96.1 Å². The van der Waals surface area contributed by atoms with Crippen molar-refractivity contribution in [2.45, 2.75) is 71.8 Å². The molecule has 36 heavy (non-hydrogen) atoms. The zero-order chi connectivity index (χ0) is 26.3. The molecule has 1 saturated heterocycles. The lowest BCUT2D eigenvalue weighted by atomic mass is 9.77. The standard InChI is InChI=1S/C29H45N3O4/c1-5-7-14-31(15-8-13-30)26(33)20-32-19-23(21-9-10-25-22(17-21)11-16-36-25)27(28(34)35)24(32)18-29(3,4)12-6-2/h6,9-10,12,17,23-24,27H,5,7-8,11,13-16,18-20,30H2,1-4H3,(H,34,35)/t23-,24+,27-/m1/s1. The Morgan fingerprint density at radius 1 is 1.28 bits per heavy atom. The Kier molecular flexibility index (Phi) is 9.97. The minimum Gasteiger partial charge on any atom is -0.493 e. The van der Waals surface area contributed by atoms with Crippen molar-refractivity contribution in [3.63, 3.8) is 0 Å². The van der Waals surface area contributed by atoms with Gasteiger partial charge in [-0.2, -0.15) is 0 Å². The Hall–Kier alpha value is -2.38. The van der Waals surface area contributed by atoms with E-state index in [9.17, 15) is 14.7 Å². The quantitative estimate of drug-likeness (QED) is 0.398. The molecule has 2 aliphatic heterocycles. The second-order valence-corrected chi connectivity index (χ2v) is 11.0. The molecule has 3 rings (SSSR count). The second kappa shape index (κ2) is 12.7. The molecule has 0 saturated carbocycles. The molecule has 1 fully saturated rings. The van der Waals surface area contributed by atoms with Gasteiger partial charge in [0.2, 0.25) is 5.91 Å².